The Labute approximate surface area is 74.1 Å². The van der Waals surface area contributed by atoms with Gasteiger partial charge in [-0.15, -0.1) is 0 Å². The van der Waals surface area contributed by atoms with Crippen molar-refractivity contribution in [2.24, 2.45) is 11.7 Å². The van der Waals surface area contributed by atoms with Crippen molar-refractivity contribution in [2.45, 2.75) is 33.1 Å². The van der Waals surface area contributed by atoms with Crippen molar-refractivity contribution >= 4 is 17.4 Å². The number of rotatable bonds is 5. The average molecular weight is 175 g/mol. The second-order valence-corrected chi connectivity index (χ2v) is 3.46. The summed E-state index contributed by atoms with van der Waals surface area (Å²) in [4.78, 5) is 0. The van der Waals surface area contributed by atoms with Gasteiger partial charge in [-0.1, -0.05) is 20.3 Å². The van der Waals surface area contributed by atoms with Crippen LogP contribution in [0.1, 0.15) is 33.1 Å². The van der Waals surface area contributed by atoms with E-state index in [0.717, 1.165) is 12.3 Å². The Morgan fingerprint density at radius 2 is 2.09 bits per heavy atom. The molecule has 0 aromatic carbocycles. The van der Waals surface area contributed by atoms with E-state index < -0.39 is 0 Å². The van der Waals surface area contributed by atoms with E-state index in [4.69, 9.17) is 10.5 Å². The van der Waals surface area contributed by atoms with Crippen molar-refractivity contribution in [1.29, 1.82) is 0 Å². The van der Waals surface area contributed by atoms with Crippen LogP contribution in [0.3, 0.4) is 0 Å². The van der Waals surface area contributed by atoms with Gasteiger partial charge < -0.3 is 10.5 Å². The Kier molecular flexibility index (Phi) is 6.22. The second-order valence-electron chi connectivity index (χ2n) is 3.06. The Morgan fingerprint density at radius 1 is 1.45 bits per heavy atom. The van der Waals surface area contributed by atoms with Crippen molar-refractivity contribution in [2.75, 3.05) is 6.61 Å². The molecule has 0 spiro atoms. The molecule has 0 amide bonds. The van der Waals surface area contributed by atoms with E-state index in [1.54, 1.807) is 0 Å². The fourth-order valence-corrected chi connectivity index (χ4v) is 0.911. The molecule has 0 aliphatic heterocycles. The van der Waals surface area contributed by atoms with Crippen LogP contribution < -0.4 is 5.73 Å². The Bertz CT molecular complexity index is 115. The molecule has 0 heterocycles. The van der Waals surface area contributed by atoms with Crippen molar-refractivity contribution < 1.29 is 4.74 Å². The zero-order chi connectivity index (χ0) is 8.69. The molecule has 0 aliphatic rings. The van der Waals surface area contributed by atoms with Gasteiger partial charge in [-0.3, -0.25) is 0 Å². The average Bonchev–Trinajstić information content (AvgIpc) is 1.85. The van der Waals surface area contributed by atoms with Crippen LogP contribution in [0.15, 0.2) is 0 Å². The quantitative estimate of drug-likeness (QED) is 0.513. The summed E-state index contributed by atoms with van der Waals surface area (Å²) >= 11 is 4.55. The van der Waals surface area contributed by atoms with Crippen LogP contribution in [0, 0.1) is 5.92 Å². The molecule has 0 rings (SSSR count). The van der Waals surface area contributed by atoms with Gasteiger partial charge >= 0.3 is 0 Å². The minimum atomic E-state index is 0.162. The van der Waals surface area contributed by atoms with Gasteiger partial charge in [0.15, 0.2) is 0 Å². The highest BCUT2D eigenvalue weighted by Crippen LogP contribution is 2.05. The number of thiocarbonyl (C=S) groups is 1. The topological polar surface area (TPSA) is 35.2 Å². The van der Waals surface area contributed by atoms with E-state index in [0.29, 0.717) is 6.61 Å². The van der Waals surface area contributed by atoms with Crippen LogP contribution in [0.5, 0.6) is 0 Å². The minimum absolute atomic E-state index is 0.162. The van der Waals surface area contributed by atoms with Crippen LogP contribution in [0.2, 0.25) is 0 Å². The fourth-order valence-electron chi connectivity index (χ4n) is 0.827. The molecule has 0 aliphatic carbocycles. The lowest BCUT2D eigenvalue weighted by molar-refractivity contribution is 0.293. The molecule has 0 aromatic heterocycles. The first-order valence-electron chi connectivity index (χ1n) is 4.05. The van der Waals surface area contributed by atoms with Gasteiger partial charge in [-0.05, 0) is 31.0 Å². The van der Waals surface area contributed by atoms with Gasteiger partial charge in [0.05, 0.1) is 6.61 Å². The molecule has 0 saturated heterocycles. The van der Waals surface area contributed by atoms with Crippen LogP contribution in [0.25, 0.3) is 0 Å². The third kappa shape index (κ3) is 9.69. The van der Waals surface area contributed by atoms with Crippen molar-refractivity contribution in [3.05, 3.63) is 0 Å². The van der Waals surface area contributed by atoms with E-state index in [1.165, 1.54) is 12.8 Å². The fraction of sp³-hybridized carbons (Fsp3) is 0.875. The third-order valence-corrected chi connectivity index (χ3v) is 1.54. The molecule has 0 unspecified atom stereocenters. The summed E-state index contributed by atoms with van der Waals surface area (Å²) in [7, 11) is 0. The Hall–Kier alpha value is -0.310. The van der Waals surface area contributed by atoms with E-state index in [9.17, 15) is 0 Å². The van der Waals surface area contributed by atoms with Gasteiger partial charge in [0.2, 0.25) is 0 Å². The van der Waals surface area contributed by atoms with Crippen molar-refractivity contribution in [3.8, 4) is 0 Å². The number of unbranched alkanes of at least 4 members (excludes halogenated alkanes) is 1. The van der Waals surface area contributed by atoms with Gasteiger partial charge in [-0.25, -0.2) is 0 Å². The largest absolute Gasteiger partial charge is 0.471 e. The predicted octanol–water partition coefficient (Wildman–Crippen LogP) is 2.07. The SMILES string of the molecule is CC(C)CCCCOC(N)=S. The Balaban J connectivity index is 2.97. The molecular weight excluding hydrogens is 158 g/mol. The highest BCUT2D eigenvalue weighted by atomic mass is 32.1. The van der Waals surface area contributed by atoms with Gasteiger partial charge in [-0.2, -0.15) is 0 Å². The summed E-state index contributed by atoms with van der Waals surface area (Å²) in [5.74, 6) is 0.778. The highest BCUT2D eigenvalue weighted by molar-refractivity contribution is 7.80. The molecule has 0 atom stereocenters. The summed E-state index contributed by atoms with van der Waals surface area (Å²) in [5, 5.41) is 0.162. The molecule has 0 bridgehead atoms. The lowest BCUT2D eigenvalue weighted by Crippen LogP contribution is -2.13. The lowest BCUT2D eigenvalue weighted by Gasteiger charge is -2.04. The minimum Gasteiger partial charge on any atom is -0.471 e. The van der Waals surface area contributed by atoms with Crippen LogP contribution in [-0.2, 0) is 4.74 Å². The van der Waals surface area contributed by atoms with E-state index in [1.807, 2.05) is 0 Å². The maximum absolute atomic E-state index is 5.14. The zero-order valence-electron chi connectivity index (χ0n) is 7.30. The highest BCUT2D eigenvalue weighted by Gasteiger charge is 1.94. The number of nitrogens with two attached hydrogens (primary N) is 1. The van der Waals surface area contributed by atoms with E-state index in [2.05, 4.69) is 26.1 Å². The van der Waals surface area contributed by atoms with E-state index >= 15 is 0 Å². The predicted molar refractivity (Wildman–Crippen MR) is 51.4 cm³/mol. The molecular formula is C8H17NOS. The molecule has 0 radical (unpaired) electrons. The van der Waals surface area contributed by atoms with Gasteiger partial charge in [0.1, 0.15) is 0 Å². The van der Waals surface area contributed by atoms with Crippen LogP contribution >= 0.6 is 12.2 Å². The normalized spacial score (nSPS) is 10.1. The summed E-state index contributed by atoms with van der Waals surface area (Å²) in [6.07, 6.45) is 3.50. The molecule has 11 heavy (non-hydrogen) atoms. The summed E-state index contributed by atoms with van der Waals surface area (Å²) < 4.78 is 4.93. The zero-order valence-corrected chi connectivity index (χ0v) is 8.12. The number of ether oxygens (including phenoxy) is 1. The Morgan fingerprint density at radius 3 is 2.55 bits per heavy atom. The lowest BCUT2D eigenvalue weighted by atomic mass is 10.1. The second kappa shape index (κ2) is 6.40. The first-order chi connectivity index (χ1) is 5.13. The van der Waals surface area contributed by atoms with Gasteiger partial charge in [0.25, 0.3) is 5.17 Å². The molecule has 2 N–H and O–H groups in total. The summed E-state index contributed by atoms with van der Waals surface area (Å²) in [5.41, 5.74) is 5.14. The molecule has 66 valence electrons. The van der Waals surface area contributed by atoms with Gasteiger partial charge in [0, 0.05) is 0 Å². The summed E-state index contributed by atoms with van der Waals surface area (Å²) in [6, 6.07) is 0. The first-order valence-corrected chi connectivity index (χ1v) is 4.46. The van der Waals surface area contributed by atoms with E-state index in [-0.39, 0.29) is 5.17 Å². The molecule has 0 fully saturated rings. The third-order valence-electron chi connectivity index (χ3n) is 1.42. The van der Waals surface area contributed by atoms with Crippen LogP contribution in [-0.4, -0.2) is 11.8 Å². The standard InChI is InChI=1S/C8H17NOS/c1-7(2)5-3-4-6-10-8(9)11/h7H,3-6H2,1-2H3,(H2,9,11). The van der Waals surface area contributed by atoms with Crippen LogP contribution in [0.4, 0.5) is 0 Å². The maximum Gasteiger partial charge on any atom is 0.253 e. The number of hydrogen-bond acceptors (Lipinski definition) is 2. The smallest absolute Gasteiger partial charge is 0.253 e. The monoisotopic (exact) mass is 175 g/mol. The molecule has 2 nitrogen and oxygen atoms in total. The summed E-state index contributed by atoms with van der Waals surface area (Å²) in [6.45, 7) is 5.10. The molecule has 3 heteroatoms. The maximum atomic E-state index is 5.14. The molecule has 0 saturated carbocycles. The number of hydrogen-bond donors (Lipinski definition) is 1. The van der Waals surface area contributed by atoms with Crippen molar-refractivity contribution in [3.63, 3.8) is 0 Å². The first kappa shape index (κ1) is 10.7. The van der Waals surface area contributed by atoms with Crippen molar-refractivity contribution in [1.82, 2.24) is 0 Å². The molecule has 0 aromatic rings.